The Bertz CT molecular complexity index is 1600. The monoisotopic (exact) mass is 726 g/mol. The number of rotatable bonds is 14. The first-order valence-corrected chi connectivity index (χ1v) is 17.1. The van der Waals surface area contributed by atoms with E-state index < -0.39 is 9.84 Å². The predicted molar refractivity (Wildman–Crippen MR) is 180 cm³/mol. The molecular formula is C37H47IN2O3S. The summed E-state index contributed by atoms with van der Waals surface area (Å²) in [6, 6.07) is 17.3. The average Bonchev–Trinajstić information content (AvgIpc) is 3.31. The van der Waals surface area contributed by atoms with Crippen LogP contribution in [0.5, 0.6) is 0 Å². The Morgan fingerprint density at radius 2 is 1.52 bits per heavy atom. The normalized spacial score (nSPS) is 17.8. The van der Waals surface area contributed by atoms with Crippen LogP contribution in [0, 0.1) is 0 Å². The summed E-state index contributed by atoms with van der Waals surface area (Å²) in [4.78, 5) is 14.7. The van der Waals surface area contributed by atoms with Gasteiger partial charge < -0.3 is 28.9 Å². The van der Waals surface area contributed by atoms with Gasteiger partial charge in [0.25, 0.3) is 0 Å². The lowest BCUT2D eigenvalue weighted by Crippen LogP contribution is -3.00. The van der Waals surface area contributed by atoms with E-state index in [0.29, 0.717) is 19.3 Å². The van der Waals surface area contributed by atoms with Gasteiger partial charge in [0.1, 0.15) is 12.8 Å². The summed E-state index contributed by atoms with van der Waals surface area (Å²) in [7, 11) is -1.09. The highest BCUT2D eigenvalue weighted by Gasteiger charge is 2.42. The van der Waals surface area contributed by atoms with Crippen LogP contribution in [0.15, 0.2) is 96.6 Å². The Morgan fingerprint density at radius 3 is 2.23 bits per heavy atom. The number of para-hydroxylation sites is 2. The molecular weight excluding hydrogens is 679 g/mol. The molecule has 2 aromatic rings. The standard InChI is InChI=1S/C37H47N2O3S.HI/c1-7-43(41,42)28-18-20-29(40)19-10-9-17-27-39-33-24-16-14-22-31(33)37(4,5)35(39)26-12-8-11-25-34-36(2,3)30-21-13-15-23-32(30)38(34)6;/h7-8,11-16,21-26H,1,9-10,17-20,27-28H2,2-6H3;1H/q+1;/p-1. The van der Waals surface area contributed by atoms with E-state index in [4.69, 9.17) is 0 Å². The summed E-state index contributed by atoms with van der Waals surface area (Å²) in [6.07, 6.45) is 14.8. The van der Waals surface area contributed by atoms with E-state index in [1.807, 2.05) is 0 Å². The molecule has 236 valence electrons. The number of sulfone groups is 1. The SMILES string of the molecule is C=CS(=O)(=O)CCCC(=O)CCCCCN1/C(=C/C=C/C=C/C2=[N+](C)c3ccccc3C2(C)C)C(C)(C)c2ccccc21.[I-]. The third-order valence-electron chi connectivity index (χ3n) is 8.95. The smallest absolute Gasteiger partial charge is 0.209 e. The highest BCUT2D eigenvalue weighted by atomic mass is 127. The van der Waals surface area contributed by atoms with Crippen LogP contribution in [0.1, 0.15) is 77.3 Å². The zero-order valence-corrected chi connectivity index (χ0v) is 29.8. The number of ketones is 1. The van der Waals surface area contributed by atoms with E-state index in [2.05, 4.69) is 130 Å². The van der Waals surface area contributed by atoms with Gasteiger partial charge in [-0.15, -0.1) is 0 Å². The van der Waals surface area contributed by atoms with Gasteiger partial charge in [-0.3, -0.25) is 4.79 Å². The van der Waals surface area contributed by atoms with Crippen molar-refractivity contribution in [2.45, 2.75) is 77.0 Å². The zero-order valence-electron chi connectivity index (χ0n) is 26.9. The zero-order chi connectivity index (χ0) is 31.3. The fourth-order valence-corrected chi connectivity index (χ4v) is 7.20. The molecule has 0 spiro atoms. The van der Waals surface area contributed by atoms with E-state index >= 15 is 0 Å². The fourth-order valence-electron chi connectivity index (χ4n) is 6.49. The number of fused-ring (bicyclic) bond motifs is 2. The van der Waals surface area contributed by atoms with Gasteiger partial charge in [-0.25, -0.2) is 8.42 Å². The molecule has 2 aromatic carbocycles. The van der Waals surface area contributed by atoms with Gasteiger partial charge in [0.05, 0.1) is 11.2 Å². The second kappa shape index (κ2) is 15.0. The highest BCUT2D eigenvalue weighted by Crippen LogP contribution is 2.47. The van der Waals surface area contributed by atoms with Gasteiger partial charge in [-0.2, -0.15) is 4.58 Å². The first-order valence-electron chi connectivity index (χ1n) is 15.4. The van der Waals surface area contributed by atoms with Crippen LogP contribution in [-0.4, -0.2) is 43.8 Å². The molecule has 0 atom stereocenters. The summed E-state index contributed by atoms with van der Waals surface area (Å²) >= 11 is 0. The number of anilines is 1. The van der Waals surface area contributed by atoms with E-state index in [1.54, 1.807) is 0 Å². The molecule has 4 rings (SSSR count). The molecule has 0 amide bonds. The molecule has 0 fully saturated rings. The van der Waals surface area contributed by atoms with Gasteiger partial charge in [0.15, 0.2) is 15.5 Å². The van der Waals surface area contributed by atoms with Gasteiger partial charge >= 0.3 is 0 Å². The molecule has 0 aliphatic carbocycles. The molecule has 0 saturated carbocycles. The average molecular weight is 727 g/mol. The molecule has 0 aromatic heterocycles. The summed E-state index contributed by atoms with van der Waals surface area (Å²) in [5, 5.41) is 0.971. The molecule has 0 unspecified atom stereocenters. The molecule has 0 saturated heterocycles. The van der Waals surface area contributed by atoms with Crippen LogP contribution in [0.4, 0.5) is 11.4 Å². The van der Waals surface area contributed by atoms with Crippen LogP contribution in [0.3, 0.4) is 0 Å². The van der Waals surface area contributed by atoms with Gasteiger partial charge in [-0.1, -0.05) is 81.5 Å². The Kier molecular flexibility index (Phi) is 12.2. The maximum absolute atomic E-state index is 12.2. The number of unbranched alkanes of at least 4 members (excludes halogenated alkanes) is 2. The van der Waals surface area contributed by atoms with Crippen molar-refractivity contribution in [3.8, 4) is 0 Å². The maximum Gasteiger partial charge on any atom is 0.209 e. The van der Waals surface area contributed by atoms with Crippen molar-refractivity contribution >= 4 is 32.7 Å². The first kappa shape index (κ1) is 35.7. The lowest BCUT2D eigenvalue weighted by atomic mass is 9.81. The number of allylic oxidation sites excluding steroid dienone is 6. The quantitative estimate of drug-likeness (QED) is 0.120. The second-order valence-electron chi connectivity index (χ2n) is 12.7. The first-order chi connectivity index (χ1) is 20.4. The molecule has 0 bridgehead atoms. The van der Waals surface area contributed by atoms with Crippen LogP contribution in [-0.2, 0) is 25.5 Å². The third kappa shape index (κ3) is 7.89. The fraction of sp³-hybridized carbons (Fsp3) is 0.405. The minimum atomic E-state index is -3.24. The van der Waals surface area contributed by atoms with Crippen molar-refractivity contribution in [3.63, 3.8) is 0 Å². The number of hydrogen-bond donors (Lipinski definition) is 0. The molecule has 2 aliphatic heterocycles. The number of nitrogens with zero attached hydrogens (tertiary/aromatic N) is 2. The van der Waals surface area contributed by atoms with E-state index in [0.717, 1.165) is 31.2 Å². The van der Waals surface area contributed by atoms with Crippen molar-refractivity contribution < 1.29 is 41.8 Å². The molecule has 5 nitrogen and oxygen atoms in total. The van der Waals surface area contributed by atoms with Crippen LogP contribution in [0.25, 0.3) is 0 Å². The molecule has 2 aliphatic rings. The number of benzene rings is 2. The number of hydrogen-bond acceptors (Lipinski definition) is 4. The molecule has 0 radical (unpaired) electrons. The number of carbonyl (C=O) groups is 1. The number of halogens is 1. The molecule has 0 N–H and O–H groups in total. The van der Waals surface area contributed by atoms with E-state index in [-0.39, 0.29) is 46.3 Å². The van der Waals surface area contributed by atoms with Crippen molar-refractivity contribution in [3.05, 3.63) is 108 Å². The van der Waals surface area contributed by atoms with Crippen molar-refractivity contribution in [1.82, 2.24) is 0 Å². The Balaban J connectivity index is 0.00000529. The maximum atomic E-state index is 12.2. The molecule has 44 heavy (non-hydrogen) atoms. The van der Waals surface area contributed by atoms with Crippen LogP contribution < -0.4 is 28.9 Å². The van der Waals surface area contributed by atoms with Crippen molar-refractivity contribution in [2.24, 2.45) is 0 Å². The molecule has 2 heterocycles. The van der Waals surface area contributed by atoms with Crippen LogP contribution >= 0.6 is 0 Å². The Labute approximate surface area is 282 Å². The number of carbonyl (C=O) groups excluding carboxylic acids is 1. The minimum Gasteiger partial charge on any atom is -1.00 e. The summed E-state index contributed by atoms with van der Waals surface area (Å²) in [6.45, 7) is 13.3. The minimum absolute atomic E-state index is 0. The number of Topliss-reactive ketones (excluding diaryl/α,β-unsaturated/α-hetero) is 1. The molecule has 7 heteroatoms. The van der Waals surface area contributed by atoms with Gasteiger partial charge in [0.2, 0.25) is 5.69 Å². The Morgan fingerprint density at radius 1 is 0.864 bits per heavy atom. The summed E-state index contributed by atoms with van der Waals surface area (Å²) in [5.74, 6) is 0.133. The van der Waals surface area contributed by atoms with Crippen LogP contribution in [0.2, 0.25) is 0 Å². The highest BCUT2D eigenvalue weighted by molar-refractivity contribution is 7.94. The van der Waals surface area contributed by atoms with E-state index in [1.165, 1.54) is 33.9 Å². The second-order valence-corrected chi connectivity index (χ2v) is 14.7. The largest absolute Gasteiger partial charge is 1.00 e. The lowest BCUT2D eigenvalue weighted by Gasteiger charge is -2.27. The van der Waals surface area contributed by atoms with Crippen molar-refractivity contribution in [2.75, 3.05) is 24.2 Å². The van der Waals surface area contributed by atoms with Crippen molar-refractivity contribution in [1.29, 1.82) is 0 Å². The third-order valence-corrected chi connectivity index (χ3v) is 10.3. The topological polar surface area (TPSA) is 57.5 Å². The summed E-state index contributed by atoms with van der Waals surface area (Å²) in [5.41, 5.74) is 7.60. The predicted octanol–water partition coefficient (Wildman–Crippen LogP) is 4.96. The summed E-state index contributed by atoms with van der Waals surface area (Å²) < 4.78 is 25.4. The van der Waals surface area contributed by atoms with Gasteiger partial charge in [-0.05, 0) is 50.8 Å². The van der Waals surface area contributed by atoms with E-state index in [9.17, 15) is 13.2 Å². The lowest BCUT2D eigenvalue weighted by molar-refractivity contribution is -0.401. The van der Waals surface area contributed by atoms with Gasteiger partial charge in [0, 0.05) is 59.3 Å². The Hall–Kier alpha value is -2.78.